The molecule has 2 aromatic rings. The zero-order valence-electron chi connectivity index (χ0n) is 10.2. The molecule has 0 bridgehead atoms. The minimum absolute atomic E-state index is 0.0486. The predicted molar refractivity (Wildman–Crippen MR) is 68.3 cm³/mol. The molecular formula is C12H9ClF3N3O. The van der Waals surface area contributed by atoms with Gasteiger partial charge in [0.25, 0.3) is 0 Å². The molecule has 106 valence electrons. The second-order valence-electron chi connectivity index (χ2n) is 3.72. The second-order valence-corrected chi connectivity index (χ2v) is 4.08. The first-order valence-corrected chi connectivity index (χ1v) is 5.79. The van der Waals surface area contributed by atoms with Crippen molar-refractivity contribution in [2.75, 3.05) is 12.4 Å². The summed E-state index contributed by atoms with van der Waals surface area (Å²) in [4.78, 5) is 7.17. The van der Waals surface area contributed by atoms with Crippen molar-refractivity contribution in [3.05, 3.63) is 41.2 Å². The molecule has 0 saturated carbocycles. The normalized spacial score (nSPS) is 11.2. The Hall–Kier alpha value is -2.02. The van der Waals surface area contributed by atoms with E-state index >= 15 is 0 Å². The molecule has 0 spiro atoms. The van der Waals surface area contributed by atoms with Crippen molar-refractivity contribution in [1.29, 1.82) is 0 Å². The Bertz CT molecular complexity index is 619. The first kappa shape index (κ1) is 14.4. The predicted octanol–water partition coefficient (Wildman–Crippen LogP) is 3.90. The van der Waals surface area contributed by atoms with Crippen LogP contribution in [0.3, 0.4) is 0 Å². The van der Waals surface area contributed by atoms with E-state index in [1.165, 1.54) is 7.11 Å². The van der Waals surface area contributed by atoms with Crippen LogP contribution in [0.4, 0.5) is 24.8 Å². The average Bonchev–Trinajstić information content (AvgIpc) is 2.38. The van der Waals surface area contributed by atoms with Gasteiger partial charge in [0.2, 0.25) is 5.95 Å². The van der Waals surface area contributed by atoms with Crippen LogP contribution < -0.4 is 10.1 Å². The molecule has 1 aromatic carbocycles. The molecular weight excluding hydrogens is 295 g/mol. The molecule has 1 aromatic heterocycles. The van der Waals surface area contributed by atoms with Crippen LogP contribution in [0.25, 0.3) is 0 Å². The van der Waals surface area contributed by atoms with Gasteiger partial charge in [0, 0.05) is 6.20 Å². The number of alkyl halides is 3. The van der Waals surface area contributed by atoms with Crippen molar-refractivity contribution in [2.24, 2.45) is 0 Å². The van der Waals surface area contributed by atoms with Crippen LogP contribution in [-0.4, -0.2) is 17.1 Å². The lowest BCUT2D eigenvalue weighted by molar-refractivity contribution is -0.137. The molecule has 4 nitrogen and oxygen atoms in total. The number of aromatic nitrogens is 2. The highest BCUT2D eigenvalue weighted by Gasteiger charge is 2.34. The van der Waals surface area contributed by atoms with Crippen LogP contribution in [0.2, 0.25) is 5.15 Å². The van der Waals surface area contributed by atoms with Crippen molar-refractivity contribution in [3.63, 3.8) is 0 Å². The minimum atomic E-state index is -4.58. The average molecular weight is 304 g/mol. The standard InChI is InChI=1S/C12H9ClF3N3O/c1-20-9-5-3-2-4-8(9)18-11-17-6-7(10(13)19-11)12(14,15)16/h2-6H,1H3,(H,17,18,19). The fraction of sp³-hybridized carbons (Fsp3) is 0.167. The van der Waals surface area contributed by atoms with Crippen LogP contribution in [-0.2, 0) is 6.18 Å². The number of ether oxygens (including phenoxy) is 1. The summed E-state index contributed by atoms with van der Waals surface area (Å²) in [6.07, 6.45) is -3.95. The Kier molecular flexibility index (Phi) is 3.99. The smallest absolute Gasteiger partial charge is 0.420 e. The van der Waals surface area contributed by atoms with E-state index in [-0.39, 0.29) is 5.95 Å². The number of methoxy groups -OCH3 is 1. The van der Waals surface area contributed by atoms with Crippen molar-refractivity contribution in [2.45, 2.75) is 6.18 Å². The molecule has 0 saturated heterocycles. The number of hydrogen-bond donors (Lipinski definition) is 1. The van der Waals surface area contributed by atoms with Gasteiger partial charge in [-0.05, 0) is 12.1 Å². The number of rotatable bonds is 3. The third kappa shape index (κ3) is 3.11. The molecule has 0 radical (unpaired) electrons. The molecule has 0 unspecified atom stereocenters. The molecule has 20 heavy (non-hydrogen) atoms. The third-order valence-corrected chi connectivity index (χ3v) is 2.69. The van der Waals surface area contributed by atoms with E-state index in [0.717, 1.165) is 0 Å². The summed E-state index contributed by atoms with van der Waals surface area (Å²) < 4.78 is 42.7. The van der Waals surface area contributed by atoms with Crippen LogP contribution in [0.1, 0.15) is 5.56 Å². The van der Waals surface area contributed by atoms with Crippen molar-refractivity contribution >= 4 is 23.2 Å². The summed E-state index contributed by atoms with van der Waals surface area (Å²) in [5, 5.41) is 2.08. The van der Waals surface area contributed by atoms with Crippen LogP contribution in [0.5, 0.6) is 5.75 Å². The topological polar surface area (TPSA) is 47.0 Å². The Labute approximate surface area is 117 Å². The summed E-state index contributed by atoms with van der Waals surface area (Å²) in [6, 6.07) is 6.85. The van der Waals surface area contributed by atoms with Crippen LogP contribution in [0, 0.1) is 0 Å². The van der Waals surface area contributed by atoms with Gasteiger partial charge in [0.1, 0.15) is 16.5 Å². The first-order chi connectivity index (χ1) is 9.41. The molecule has 8 heteroatoms. The van der Waals surface area contributed by atoms with Gasteiger partial charge in [-0.3, -0.25) is 0 Å². The van der Waals surface area contributed by atoms with Gasteiger partial charge in [0.05, 0.1) is 12.8 Å². The summed E-state index contributed by atoms with van der Waals surface area (Å²) in [6.45, 7) is 0. The number of halogens is 4. The summed E-state index contributed by atoms with van der Waals surface area (Å²) in [7, 11) is 1.47. The van der Waals surface area contributed by atoms with Crippen molar-refractivity contribution in [3.8, 4) is 5.75 Å². The van der Waals surface area contributed by atoms with E-state index in [2.05, 4.69) is 15.3 Å². The van der Waals surface area contributed by atoms with E-state index in [4.69, 9.17) is 16.3 Å². The molecule has 0 amide bonds. The molecule has 2 rings (SSSR count). The number of anilines is 2. The molecule has 0 atom stereocenters. The molecule has 0 fully saturated rings. The highest BCUT2D eigenvalue weighted by atomic mass is 35.5. The Morgan fingerprint density at radius 2 is 1.95 bits per heavy atom. The summed E-state index contributed by atoms with van der Waals surface area (Å²) >= 11 is 5.51. The third-order valence-electron chi connectivity index (χ3n) is 2.40. The maximum absolute atomic E-state index is 12.5. The highest BCUT2D eigenvalue weighted by molar-refractivity contribution is 6.30. The van der Waals surface area contributed by atoms with E-state index in [1.807, 2.05) is 0 Å². The number of nitrogens with one attached hydrogen (secondary N) is 1. The van der Waals surface area contributed by atoms with E-state index in [1.54, 1.807) is 24.3 Å². The lowest BCUT2D eigenvalue weighted by Crippen LogP contribution is -2.09. The molecule has 0 aliphatic heterocycles. The van der Waals surface area contributed by atoms with Crippen LogP contribution >= 0.6 is 11.6 Å². The van der Waals surface area contributed by atoms with E-state index < -0.39 is 16.9 Å². The van der Waals surface area contributed by atoms with Crippen LogP contribution in [0.15, 0.2) is 30.5 Å². The summed E-state index contributed by atoms with van der Waals surface area (Å²) in [5.74, 6) is 0.458. The van der Waals surface area contributed by atoms with Gasteiger partial charge < -0.3 is 10.1 Å². The van der Waals surface area contributed by atoms with E-state index in [0.29, 0.717) is 17.6 Å². The zero-order valence-corrected chi connectivity index (χ0v) is 11.0. The summed E-state index contributed by atoms with van der Waals surface area (Å²) in [5.41, 5.74) is -0.560. The second kappa shape index (κ2) is 5.54. The number of para-hydroxylation sites is 2. The lowest BCUT2D eigenvalue weighted by atomic mass is 10.3. The molecule has 1 heterocycles. The Morgan fingerprint density at radius 3 is 2.55 bits per heavy atom. The number of nitrogens with zero attached hydrogens (tertiary/aromatic N) is 2. The monoisotopic (exact) mass is 303 g/mol. The molecule has 0 aliphatic rings. The number of hydrogen-bond acceptors (Lipinski definition) is 4. The lowest BCUT2D eigenvalue weighted by Gasteiger charge is -2.11. The Balaban J connectivity index is 2.29. The minimum Gasteiger partial charge on any atom is -0.495 e. The molecule has 0 aliphatic carbocycles. The fourth-order valence-corrected chi connectivity index (χ4v) is 1.72. The van der Waals surface area contributed by atoms with Gasteiger partial charge in [-0.2, -0.15) is 13.2 Å². The van der Waals surface area contributed by atoms with Gasteiger partial charge >= 0.3 is 6.18 Å². The quantitative estimate of drug-likeness (QED) is 0.874. The van der Waals surface area contributed by atoms with Crippen molar-refractivity contribution < 1.29 is 17.9 Å². The first-order valence-electron chi connectivity index (χ1n) is 5.41. The maximum atomic E-state index is 12.5. The SMILES string of the molecule is COc1ccccc1Nc1ncc(C(F)(F)F)c(Cl)n1. The Morgan fingerprint density at radius 1 is 1.25 bits per heavy atom. The van der Waals surface area contributed by atoms with Gasteiger partial charge in [-0.1, -0.05) is 23.7 Å². The highest BCUT2D eigenvalue weighted by Crippen LogP contribution is 2.34. The van der Waals surface area contributed by atoms with E-state index in [9.17, 15) is 13.2 Å². The number of benzene rings is 1. The zero-order chi connectivity index (χ0) is 14.8. The largest absolute Gasteiger partial charge is 0.495 e. The van der Waals surface area contributed by atoms with Gasteiger partial charge in [0.15, 0.2) is 0 Å². The van der Waals surface area contributed by atoms with Crippen molar-refractivity contribution in [1.82, 2.24) is 9.97 Å². The van der Waals surface area contributed by atoms with Gasteiger partial charge in [-0.25, -0.2) is 9.97 Å². The molecule has 1 N–H and O–H groups in total. The van der Waals surface area contributed by atoms with Gasteiger partial charge in [-0.15, -0.1) is 0 Å². The fourth-order valence-electron chi connectivity index (χ4n) is 1.48. The maximum Gasteiger partial charge on any atom is 0.420 e.